The van der Waals surface area contributed by atoms with Crippen LogP contribution in [0.15, 0.2) is 12.2 Å². The Morgan fingerprint density at radius 1 is 1.22 bits per heavy atom. The molecule has 0 fully saturated rings. The van der Waals surface area contributed by atoms with Gasteiger partial charge >= 0.3 is 5.97 Å². The number of rotatable bonds is 9. The molecule has 0 aromatic rings. The summed E-state index contributed by atoms with van der Waals surface area (Å²) in [7, 11) is -3.82. The van der Waals surface area contributed by atoms with E-state index in [1.54, 1.807) is 0 Å². The number of ether oxygens (including phenoxy) is 1. The topological polar surface area (TPSA) is 96.2 Å². The van der Waals surface area contributed by atoms with Crippen molar-refractivity contribution in [2.75, 3.05) is 13.2 Å². The van der Waals surface area contributed by atoms with Crippen LogP contribution >= 0.6 is 0 Å². The molecule has 0 saturated carbocycles. The fraction of sp³-hybridized carbons (Fsp3) is 0.800. The zero-order chi connectivity index (χ0) is 18.8. The number of carbonyl (C=O) groups is 1. The summed E-state index contributed by atoms with van der Waals surface area (Å²) in [6.07, 6.45) is 0.0473. The molecule has 2 unspecified atom stereocenters. The summed E-state index contributed by atoms with van der Waals surface area (Å²) in [5.41, 5.74) is -0.186. The summed E-state index contributed by atoms with van der Waals surface area (Å²) in [4.78, 5) is 9.60. The second-order valence-electron chi connectivity index (χ2n) is 6.94. The highest BCUT2D eigenvalue weighted by Crippen LogP contribution is 2.22. The van der Waals surface area contributed by atoms with Crippen molar-refractivity contribution in [2.24, 2.45) is 0 Å². The maximum Gasteiger partial charge on any atom is 0.330 e. The number of hydrogen-bond donors (Lipinski definition) is 3. The maximum atomic E-state index is 9.87. The predicted octanol–water partition coefficient (Wildman–Crippen LogP) is 2.38. The number of aliphatic hydroxyl groups excluding tert-OH is 2. The quantitative estimate of drug-likeness (QED) is 0.428. The Bertz CT molecular complexity index is 353. The van der Waals surface area contributed by atoms with Gasteiger partial charge in [0.05, 0.1) is 6.61 Å². The van der Waals surface area contributed by atoms with Crippen LogP contribution in [0, 0.1) is 0 Å². The summed E-state index contributed by atoms with van der Waals surface area (Å²) in [6.45, 7) is 17.4. The average molecular weight is 367 g/mol. The summed E-state index contributed by atoms with van der Waals surface area (Å²) in [6, 6.07) is 0. The molecule has 0 aromatic carbocycles. The molecular weight excluding hydrogens is 332 g/mol. The van der Waals surface area contributed by atoms with E-state index in [4.69, 9.17) is 19.1 Å². The highest BCUT2D eigenvalue weighted by molar-refractivity contribution is 6.85. The molecule has 6 nitrogen and oxygen atoms in total. The van der Waals surface area contributed by atoms with Gasteiger partial charge in [-0.3, -0.25) is 0 Å². The standard InChI is InChI=1S/C11H28O4Si2.C4H6O2/c1-7-8-14-11(10(13)9-12)17(5,6)15-16(2,3)4;1-3(2)4(5)6/h10-13H,7-9H2,1-6H3;1H2,2H3,(H,5,6). The largest absolute Gasteiger partial charge is 0.478 e. The number of hydrogen-bond acceptors (Lipinski definition) is 5. The van der Waals surface area contributed by atoms with Gasteiger partial charge in [0.2, 0.25) is 8.32 Å². The van der Waals surface area contributed by atoms with Gasteiger partial charge in [-0.15, -0.1) is 0 Å². The molecule has 0 saturated heterocycles. The van der Waals surface area contributed by atoms with E-state index in [1.807, 2.05) is 20.0 Å². The van der Waals surface area contributed by atoms with Crippen LogP contribution in [-0.2, 0) is 13.6 Å². The number of aliphatic carboxylic acids is 1. The lowest BCUT2D eigenvalue weighted by atomic mass is 10.4. The molecule has 0 bridgehead atoms. The minimum absolute atomic E-state index is 0.176. The Labute approximate surface area is 142 Å². The Morgan fingerprint density at radius 2 is 1.65 bits per heavy atom. The van der Waals surface area contributed by atoms with Gasteiger partial charge in [-0.25, -0.2) is 4.79 Å². The SMILES string of the molecule is C=C(C)C(=O)O.CCCOC(C(O)CO)[Si](C)(C)O[Si](C)(C)C. The lowest BCUT2D eigenvalue weighted by molar-refractivity contribution is -0.132. The third-order valence-corrected chi connectivity index (χ3v) is 9.13. The Kier molecular flexibility index (Phi) is 11.9. The Hall–Kier alpha value is -0.516. The van der Waals surface area contributed by atoms with Gasteiger partial charge < -0.3 is 24.2 Å². The van der Waals surface area contributed by atoms with Gasteiger partial charge in [0.15, 0.2) is 8.32 Å². The molecule has 2 atom stereocenters. The molecule has 0 radical (unpaired) electrons. The summed E-state index contributed by atoms with van der Waals surface area (Å²) < 4.78 is 11.9. The monoisotopic (exact) mass is 366 g/mol. The zero-order valence-corrected chi connectivity index (χ0v) is 17.5. The predicted molar refractivity (Wildman–Crippen MR) is 97.5 cm³/mol. The molecule has 8 heteroatoms. The van der Waals surface area contributed by atoms with Crippen LogP contribution in [0.25, 0.3) is 0 Å². The summed E-state index contributed by atoms with van der Waals surface area (Å²) >= 11 is 0. The van der Waals surface area contributed by atoms with Gasteiger partial charge in [0.1, 0.15) is 11.8 Å². The van der Waals surface area contributed by atoms with Crippen LogP contribution in [-0.4, -0.2) is 63.0 Å². The lowest BCUT2D eigenvalue weighted by Gasteiger charge is -2.39. The first kappa shape index (κ1) is 24.7. The van der Waals surface area contributed by atoms with Crippen LogP contribution in [0.3, 0.4) is 0 Å². The van der Waals surface area contributed by atoms with Gasteiger partial charge in [0.25, 0.3) is 0 Å². The third kappa shape index (κ3) is 12.6. The molecule has 138 valence electrons. The number of carboxylic acid groups (broad SMARTS) is 1. The van der Waals surface area contributed by atoms with Crippen LogP contribution in [0.1, 0.15) is 20.3 Å². The highest BCUT2D eigenvalue weighted by atomic mass is 28.4. The molecule has 0 spiro atoms. The average Bonchev–Trinajstić information content (AvgIpc) is 2.36. The van der Waals surface area contributed by atoms with Crippen LogP contribution in [0.2, 0.25) is 32.7 Å². The van der Waals surface area contributed by atoms with Gasteiger partial charge in [-0.2, -0.15) is 0 Å². The number of carboxylic acids is 1. The maximum absolute atomic E-state index is 9.87. The molecule has 0 aliphatic carbocycles. The fourth-order valence-corrected chi connectivity index (χ4v) is 10.3. The first-order valence-corrected chi connectivity index (χ1v) is 14.2. The lowest BCUT2D eigenvalue weighted by Crippen LogP contribution is -2.57. The van der Waals surface area contributed by atoms with Crippen molar-refractivity contribution < 1.29 is 29.0 Å². The van der Waals surface area contributed by atoms with E-state index >= 15 is 0 Å². The van der Waals surface area contributed by atoms with E-state index in [2.05, 4.69) is 26.2 Å². The minimum atomic E-state index is -2.16. The first-order valence-electron chi connectivity index (χ1n) is 7.78. The normalized spacial score (nSPS) is 14.5. The van der Waals surface area contributed by atoms with E-state index in [9.17, 15) is 9.90 Å². The Morgan fingerprint density at radius 3 is 1.91 bits per heavy atom. The third-order valence-electron chi connectivity index (χ3n) is 2.66. The van der Waals surface area contributed by atoms with Crippen molar-refractivity contribution in [2.45, 2.75) is 64.8 Å². The molecule has 0 amide bonds. The molecule has 3 N–H and O–H groups in total. The van der Waals surface area contributed by atoms with Crippen LogP contribution in [0.5, 0.6) is 0 Å². The second kappa shape index (κ2) is 11.1. The number of aliphatic hydroxyl groups is 2. The molecule has 0 aliphatic heterocycles. The van der Waals surface area contributed by atoms with E-state index in [-0.39, 0.29) is 17.9 Å². The molecule has 0 heterocycles. The molecule has 0 aliphatic rings. The molecule has 0 aromatic heterocycles. The van der Waals surface area contributed by atoms with Crippen molar-refractivity contribution >= 4 is 22.6 Å². The van der Waals surface area contributed by atoms with Crippen molar-refractivity contribution in [1.29, 1.82) is 0 Å². The van der Waals surface area contributed by atoms with Crippen molar-refractivity contribution in [3.63, 3.8) is 0 Å². The van der Waals surface area contributed by atoms with Crippen LogP contribution in [0.4, 0.5) is 0 Å². The fourth-order valence-electron chi connectivity index (χ4n) is 1.96. The first-order chi connectivity index (χ1) is 10.3. The van der Waals surface area contributed by atoms with Gasteiger partial charge in [-0.1, -0.05) is 13.5 Å². The molecule has 23 heavy (non-hydrogen) atoms. The van der Waals surface area contributed by atoms with E-state index in [1.165, 1.54) is 6.92 Å². The molecule has 0 rings (SSSR count). The van der Waals surface area contributed by atoms with Crippen molar-refractivity contribution in [3.8, 4) is 0 Å². The molecular formula is C15H34O6Si2. The highest BCUT2D eigenvalue weighted by Gasteiger charge is 2.42. The van der Waals surface area contributed by atoms with Crippen LogP contribution < -0.4 is 0 Å². The Balaban J connectivity index is 0. The smallest absolute Gasteiger partial charge is 0.330 e. The zero-order valence-electron chi connectivity index (χ0n) is 15.5. The summed E-state index contributed by atoms with van der Waals surface area (Å²) in [5, 5.41) is 26.9. The van der Waals surface area contributed by atoms with Gasteiger partial charge in [0, 0.05) is 12.2 Å². The minimum Gasteiger partial charge on any atom is -0.478 e. The summed E-state index contributed by atoms with van der Waals surface area (Å²) in [5.74, 6) is -0.935. The van der Waals surface area contributed by atoms with Crippen molar-refractivity contribution in [3.05, 3.63) is 12.2 Å². The van der Waals surface area contributed by atoms with E-state index in [0.29, 0.717) is 6.61 Å². The van der Waals surface area contributed by atoms with Crippen molar-refractivity contribution in [1.82, 2.24) is 0 Å². The van der Waals surface area contributed by atoms with E-state index in [0.717, 1.165) is 6.42 Å². The second-order valence-corrected chi connectivity index (χ2v) is 15.8. The van der Waals surface area contributed by atoms with E-state index < -0.39 is 28.7 Å². The van der Waals surface area contributed by atoms with Gasteiger partial charge in [-0.05, 0) is 46.1 Å².